The molecule has 0 aliphatic rings. The third kappa shape index (κ3) is 3.77. The number of rotatable bonds is 6. The van der Waals surface area contributed by atoms with E-state index in [-0.39, 0.29) is 12.5 Å². The fourth-order valence-electron chi connectivity index (χ4n) is 2.84. The average Bonchev–Trinajstić information content (AvgIpc) is 2.99. The fraction of sp³-hybridized carbons (Fsp3) is 0.250. The van der Waals surface area contributed by atoms with Crippen LogP contribution in [0.25, 0.3) is 10.9 Å². The van der Waals surface area contributed by atoms with Gasteiger partial charge in [0.2, 0.25) is 5.91 Å². The van der Waals surface area contributed by atoms with Crippen LogP contribution in [0.2, 0.25) is 0 Å². The highest BCUT2D eigenvalue weighted by molar-refractivity contribution is 5.83. The van der Waals surface area contributed by atoms with Gasteiger partial charge in [-0.15, -0.1) is 0 Å². The molecule has 0 fully saturated rings. The zero-order valence-electron chi connectivity index (χ0n) is 14.1. The van der Waals surface area contributed by atoms with Gasteiger partial charge >= 0.3 is 0 Å². The number of hydrogen-bond donors (Lipinski definition) is 3. The molecule has 0 aliphatic carbocycles. The highest BCUT2D eigenvalue weighted by Gasteiger charge is 2.05. The summed E-state index contributed by atoms with van der Waals surface area (Å²) < 4.78 is 0. The maximum atomic E-state index is 12.0. The number of para-hydroxylation sites is 1. The van der Waals surface area contributed by atoms with Crippen LogP contribution < -0.4 is 10.6 Å². The van der Waals surface area contributed by atoms with Gasteiger partial charge < -0.3 is 15.6 Å². The molecule has 3 aromatic rings. The molecule has 0 radical (unpaired) electrons. The summed E-state index contributed by atoms with van der Waals surface area (Å²) in [6, 6.07) is 14.4. The molecule has 1 aromatic heterocycles. The Hall–Kier alpha value is -2.75. The van der Waals surface area contributed by atoms with E-state index >= 15 is 0 Å². The van der Waals surface area contributed by atoms with E-state index in [4.69, 9.17) is 0 Å². The molecule has 4 heteroatoms. The Morgan fingerprint density at radius 3 is 2.83 bits per heavy atom. The highest BCUT2D eigenvalue weighted by Crippen LogP contribution is 2.18. The minimum atomic E-state index is 0.00995. The zero-order chi connectivity index (χ0) is 16.9. The van der Waals surface area contributed by atoms with Gasteiger partial charge in [-0.05, 0) is 49.1 Å². The van der Waals surface area contributed by atoms with Gasteiger partial charge in [0.15, 0.2) is 0 Å². The van der Waals surface area contributed by atoms with Crippen molar-refractivity contribution in [1.29, 1.82) is 0 Å². The molecule has 1 amide bonds. The molecule has 2 aromatic carbocycles. The molecule has 24 heavy (non-hydrogen) atoms. The predicted octanol–water partition coefficient (Wildman–Crippen LogP) is 3.56. The second-order valence-corrected chi connectivity index (χ2v) is 6.13. The van der Waals surface area contributed by atoms with E-state index in [1.54, 1.807) is 0 Å². The number of fused-ring (bicyclic) bond motifs is 1. The van der Waals surface area contributed by atoms with Gasteiger partial charge in [0.1, 0.15) is 0 Å². The Bertz CT molecular complexity index is 851. The van der Waals surface area contributed by atoms with Gasteiger partial charge in [-0.2, -0.15) is 0 Å². The summed E-state index contributed by atoms with van der Waals surface area (Å²) in [5.41, 5.74) is 5.71. The van der Waals surface area contributed by atoms with Crippen molar-refractivity contribution in [3.63, 3.8) is 0 Å². The number of hydrogen-bond acceptors (Lipinski definition) is 2. The van der Waals surface area contributed by atoms with Crippen molar-refractivity contribution in [2.24, 2.45) is 0 Å². The van der Waals surface area contributed by atoms with Crippen molar-refractivity contribution in [3.8, 4) is 0 Å². The van der Waals surface area contributed by atoms with Crippen LogP contribution >= 0.6 is 0 Å². The number of amides is 1. The van der Waals surface area contributed by atoms with Gasteiger partial charge in [0.05, 0.1) is 6.54 Å². The Morgan fingerprint density at radius 2 is 1.96 bits per heavy atom. The molecule has 1 heterocycles. The van der Waals surface area contributed by atoms with Gasteiger partial charge in [0.25, 0.3) is 0 Å². The van der Waals surface area contributed by atoms with E-state index < -0.39 is 0 Å². The molecule has 0 atom stereocenters. The molecular formula is C20H23N3O. The van der Waals surface area contributed by atoms with E-state index in [2.05, 4.69) is 45.9 Å². The molecule has 0 unspecified atom stereocenters. The van der Waals surface area contributed by atoms with Gasteiger partial charge in [-0.25, -0.2) is 0 Å². The van der Waals surface area contributed by atoms with Crippen LogP contribution in [0.15, 0.2) is 48.7 Å². The first-order chi connectivity index (χ1) is 11.6. The minimum Gasteiger partial charge on any atom is -0.376 e. The maximum Gasteiger partial charge on any atom is 0.239 e. The number of anilines is 1. The fourth-order valence-corrected chi connectivity index (χ4v) is 2.84. The molecule has 3 N–H and O–H groups in total. The van der Waals surface area contributed by atoms with Crippen LogP contribution in [0, 0.1) is 13.8 Å². The monoisotopic (exact) mass is 321 g/mol. The summed E-state index contributed by atoms with van der Waals surface area (Å²) in [5.74, 6) is 0.00995. The summed E-state index contributed by atoms with van der Waals surface area (Å²) in [5, 5.41) is 7.41. The van der Waals surface area contributed by atoms with Crippen LogP contribution in [0.5, 0.6) is 0 Å². The summed E-state index contributed by atoms with van der Waals surface area (Å²) >= 11 is 0. The SMILES string of the molecule is Cc1ccc(C)c(NCC(=O)NCCc2c[nH]c3ccccc23)c1. The average molecular weight is 321 g/mol. The number of carbonyl (C=O) groups excluding carboxylic acids is 1. The first-order valence-electron chi connectivity index (χ1n) is 8.26. The number of carbonyl (C=O) groups is 1. The molecule has 0 saturated heterocycles. The van der Waals surface area contributed by atoms with Crippen molar-refractivity contribution in [2.45, 2.75) is 20.3 Å². The van der Waals surface area contributed by atoms with Gasteiger partial charge in [-0.1, -0.05) is 30.3 Å². The minimum absolute atomic E-state index is 0.00995. The van der Waals surface area contributed by atoms with E-state index in [9.17, 15) is 4.79 Å². The van der Waals surface area contributed by atoms with Crippen LogP contribution in [0.4, 0.5) is 5.69 Å². The van der Waals surface area contributed by atoms with Crippen molar-refractivity contribution >= 4 is 22.5 Å². The molecule has 0 bridgehead atoms. The molecule has 3 rings (SSSR count). The van der Waals surface area contributed by atoms with E-state index in [0.29, 0.717) is 6.54 Å². The van der Waals surface area contributed by atoms with Crippen LogP contribution in [-0.2, 0) is 11.2 Å². The Balaban J connectivity index is 1.48. The first-order valence-corrected chi connectivity index (χ1v) is 8.26. The normalized spacial score (nSPS) is 10.8. The van der Waals surface area contributed by atoms with Crippen molar-refractivity contribution in [1.82, 2.24) is 10.3 Å². The summed E-state index contributed by atoms with van der Waals surface area (Å²) in [4.78, 5) is 15.3. The number of aromatic nitrogens is 1. The number of aromatic amines is 1. The van der Waals surface area contributed by atoms with E-state index in [1.165, 1.54) is 16.5 Å². The summed E-state index contributed by atoms with van der Waals surface area (Å²) in [6.07, 6.45) is 2.84. The third-order valence-electron chi connectivity index (χ3n) is 4.22. The largest absolute Gasteiger partial charge is 0.376 e. The van der Waals surface area contributed by atoms with Crippen molar-refractivity contribution in [3.05, 3.63) is 65.4 Å². The number of benzene rings is 2. The molecular weight excluding hydrogens is 298 g/mol. The molecule has 0 aliphatic heterocycles. The Morgan fingerprint density at radius 1 is 1.12 bits per heavy atom. The molecule has 4 nitrogen and oxygen atoms in total. The number of nitrogens with one attached hydrogen (secondary N) is 3. The molecule has 124 valence electrons. The lowest BCUT2D eigenvalue weighted by Crippen LogP contribution is -2.31. The quantitative estimate of drug-likeness (QED) is 0.650. The predicted molar refractivity (Wildman–Crippen MR) is 99.4 cm³/mol. The second kappa shape index (κ2) is 7.21. The van der Waals surface area contributed by atoms with Crippen molar-refractivity contribution in [2.75, 3.05) is 18.4 Å². The van der Waals surface area contributed by atoms with Gasteiger partial charge in [0, 0.05) is 29.3 Å². The topological polar surface area (TPSA) is 56.9 Å². The van der Waals surface area contributed by atoms with Crippen LogP contribution in [0.3, 0.4) is 0 Å². The lowest BCUT2D eigenvalue weighted by Gasteiger charge is -2.10. The standard InChI is InChI=1S/C20H23N3O/c1-14-7-8-15(2)19(11-14)23-13-20(24)21-10-9-16-12-22-18-6-4-3-5-17(16)18/h3-8,11-12,22-23H,9-10,13H2,1-2H3,(H,21,24). The van der Waals surface area contributed by atoms with Crippen molar-refractivity contribution < 1.29 is 4.79 Å². The number of H-pyrrole nitrogens is 1. The Kier molecular flexibility index (Phi) is 4.85. The van der Waals surface area contributed by atoms with E-state index in [1.807, 2.05) is 32.2 Å². The second-order valence-electron chi connectivity index (χ2n) is 6.13. The molecule has 0 spiro atoms. The van der Waals surface area contributed by atoms with Crippen LogP contribution in [0.1, 0.15) is 16.7 Å². The lowest BCUT2D eigenvalue weighted by atomic mass is 10.1. The number of aryl methyl sites for hydroxylation is 2. The smallest absolute Gasteiger partial charge is 0.239 e. The molecule has 0 saturated carbocycles. The Labute approximate surface area is 142 Å². The van der Waals surface area contributed by atoms with Gasteiger partial charge in [-0.3, -0.25) is 4.79 Å². The summed E-state index contributed by atoms with van der Waals surface area (Å²) in [6.45, 7) is 5.01. The summed E-state index contributed by atoms with van der Waals surface area (Å²) in [7, 11) is 0. The van der Waals surface area contributed by atoms with Crippen LogP contribution in [-0.4, -0.2) is 24.0 Å². The maximum absolute atomic E-state index is 12.0. The highest BCUT2D eigenvalue weighted by atomic mass is 16.1. The third-order valence-corrected chi connectivity index (χ3v) is 4.22. The first kappa shape index (κ1) is 16.1. The van der Waals surface area contributed by atoms with E-state index in [0.717, 1.165) is 23.2 Å². The lowest BCUT2D eigenvalue weighted by molar-refractivity contribution is -0.119. The zero-order valence-corrected chi connectivity index (χ0v) is 14.1.